The lowest BCUT2D eigenvalue weighted by atomic mass is 10.2. The van der Waals surface area contributed by atoms with E-state index in [1.54, 1.807) is 19.1 Å². The molecule has 1 aromatic rings. The molecule has 0 aliphatic rings. The van der Waals surface area contributed by atoms with Crippen molar-refractivity contribution >= 4 is 23.2 Å². The van der Waals surface area contributed by atoms with Crippen LogP contribution in [0.4, 0.5) is 0 Å². The lowest BCUT2D eigenvalue weighted by Gasteiger charge is -2.06. The fraction of sp³-hybridized carbons (Fsp3) is 0.467. The number of aldehydes is 1. The lowest BCUT2D eigenvalue weighted by molar-refractivity contribution is -0.109. The molecule has 0 spiro atoms. The number of hydrogen-bond donors (Lipinski definition) is 0. The van der Waals surface area contributed by atoms with Crippen LogP contribution in [0.3, 0.4) is 0 Å². The Bertz CT molecular complexity index is 387. The number of carbonyl (C=O) groups excluding carboxylic acids is 2. The molecule has 0 amide bonds. The molecule has 0 aromatic heterocycles. The Balaban J connectivity index is 2.01. The number of hydrogen-bond acceptors (Lipinski definition) is 4. The minimum Gasteiger partial charge on any atom is -0.494 e. The molecule has 4 heteroatoms. The van der Waals surface area contributed by atoms with Gasteiger partial charge in [0.2, 0.25) is 0 Å². The molecule has 1 aromatic carbocycles. The van der Waals surface area contributed by atoms with Gasteiger partial charge in [0, 0.05) is 18.2 Å². The molecule has 0 saturated heterocycles. The maximum Gasteiger partial charge on any atom is 0.185 e. The molecule has 0 aliphatic heterocycles. The van der Waals surface area contributed by atoms with Crippen LogP contribution < -0.4 is 4.74 Å². The topological polar surface area (TPSA) is 43.4 Å². The van der Waals surface area contributed by atoms with Crippen LogP contribution in [-0.4, -0.2) is 23.8 Å². The summed E-state index contributed by atoms with van der Waals surface area (Å²) in [4.78, 5) is 21.2. The third-order valence-corrected chi connectivity index (χ3v) is 3.53. The molecular weight excluding hydrogens is 260 g/mol. The van der Waals surface area contributed by atoms with Gasteiger partial charge >= 0.3 is 0 Å². The van der Waals surface area contributed by atoms with Crippen molar-refractivity contribution in [3.8, 4) is 5.75 Å². The lowest BCUT2D eigenvalue weighted by Crippen LogP contribution is -1.97. The average molecular weight is 280 g/mol. The van der Waals surface area contributed by atoms with Gasteiger partial charge in [0.1, 0.15) is 12.0 Å². The molecule has 1 rings (SSSR count). The molecule has 0 bridgehead atoms. The molecule has 0 heterocycles. The van der Waals surface area contributed by atoms with E-state index in [1.807, 2.05) is 12.1 Å². The normalized spacial score (nSPS) is 10.2. The Hall–Kier alpha value is -1.29. The van der Waals surface area contributed by atoms with Gasteiger partial charge in [-0.25, -0.2) is 0 Å². The zero-order valence-electron chi connectivity index (χ0n) is 11.3. The van der Waals surface area contributed by atoms with Crippen LogP contribution in [0.5, 0.6) is 5.75 Å². The van der Waals surface area contributed by atoms with E-state index in [0.717, 1.165) is 43.5 Å². The van der Waals surface area contributed by atoms with Crippen molar-refractivity contribution in [3.05, 3.63) is 29.8 Å². The van der Waals surface area contributed by atoms with Crippen molar-refractivity contribution < 1.29 is 14.3 Å². The maximum absolute atomic E-state index is 10.7. The molecular formula is C15H20O3S. The van der Waals surface area contributed by atoms with Crippen molar-refractivity contribution in [2.75, 3.05) is 12.4 Å². The van der Waals surface area contributed by atoms with E-state index in [0.29, 0.717) is 12.2 Å². The smallest absolute Gasteiger partial charge is 0.185 e. The number of unbranched alkanes of at least 4 members (excludes halogenated alkanes) is 3. The van der Waals surface area contributed by atoms with Crippen molar-refractivity contribution in [1.82, 2.24) is 0 Å². The van der Waals surface area contributed by atoms with Gasteiger partial charge in [0.05, 0.1) is 6.61 Å². The molecule has 19 heavy (non-hydrogen) atoms. The Labute approximate surface area is 118 Å². The second kappa shape index (κ2) is 9.62. The van der Waals surface area contributed by atoms with E-state index in [1.165, 1.54) is 11.8 Å². The first-order chi connectivity index (χ1) is 9.22. The number of benzene rings is 1. The number of carbonyl (C=O) groups is 2. The molecule has 0 N–H and O–H groups in total. The monoisotopic (exact) mass is 280 g/mol. The van der Waals surface area contributed by atoms with Crippen LogP contribution in [-0.2, 0) is 4.79 Å². The van der Waals surface area contributed by atoms with Gasteiger partial charge in [-0.2, -0.15) is 0 Å². The summed E-state index contributed by atoms with van der Waals surface area (Å²) in [7, 11) is 0. The second-order valence-corrected chi connectivity index (χ2v) is 5.56. The first kappa shape index (κ1) is 15.8. The summed E-state index contributed by atoms with van der Waals surface area (Å²) >= 11 is 1.40. The Morgan fingerprint density at radius 2 is 1.84 bits per heavy atom. The van der Waals surface area contributed by atoms with E-state index in [2.05, 4.69) is 0 Å². The van der Waals surface area contributed by atoms with E-state index in [9.17, 15) is 9.59 Å². The molecule has 0 fully saturated rings. The largest absolute Gasteiger partial charge is 0.494 e. The summed E-state index contributed by atoms with van der Waals surface area (Å²) in [5.74, 6) is 1.72. The summed E-state index contributed by atoms with van der Waals surface area (Å²) in [6, 6.07) is 7.13. The van der Waals surface area contributed by atoms with Crippen molar-refractivity contribution in [1.29, 1.82) is 0 Å². The minimum absolute atomic E-state index is 0.196. The molecule has 0 saturated carbocycles. The van der Waals surface area contributed by atoms with E-state index < -0.39 is 0 Å². The van der Waals surface area contributed by atoms with Crippen LogP contribution in [0.2, 0.25) is 0 Å². The van der Waals surface area contributed by atoms with E-state index >= 15 is 0 Å². The molecule has 0 radical (unpaired) electrons. The predicted molar refractivity (Wildman–Crippen MR) is 78.9 cm³/mol. The average Bonchev–Trinajstić information content (AvgIpc) is 2.42. The third kappa shape index (κ3) is 7.67. The van der Waals surface area contributed by atoms with Gasteiger partial charge in [0.25, 0.3) is 0 Å². The Kier molecular flexibility index (Phi) is 7.98. The summed E-state index contributed by atoms with van der Waals surface area (Å²) in [6.07, 6.45) is 5.17. The summed E-state index contributed by atoms with van der Waals surface area (Å²) < 4.78 is 5.58. The molecule has 0 aliphatic carbocycles. The van der Waals surface area contributed by atoms with Crippen molar-refractivity contribution in [3.63, 3.8) is 0 Å². The van der Waals surface area contributed by atoms with Crippen molar-refractivity contribution in [2.45, 2.75) is 32.6 Å². The van der Waals surface area contributed by atoms with E-state index in [-0.39, 0.29) is 5.12 Å². The van der Waals surface area contributed by atoms with Gasteiger partial charge in [-0.1, -0.05) is 24.6 Å². The fourth-order valence-electron chi connectivity index (χ4n) is 1.61. The van der Waals surface area contributed by atoms with Gasteiger partial charge in [-0.15, -0.1) is 0 Å². The number of ether oxygens (including phenoxy) is 1. The third-order valence-electron chi connectivity index (χ3n) is 2.63. The van der Waals surface area contributed by atoms with Crippen LogP contribution >= 0.6 is 11.8 Å². The second-order valence-electron chi connectivity index (χ2n) is 4.29. The van der Waals surface area contributed by atoms with Crippen LogP contribution in [0.1, 0.15) is 43.0 Å². The summed E-state index contributed by atoms with van der Waals surface area (Å²) in [5, 5.41) is 0.196. The standard InChI is InChI=1S/C15H20O3S/c1-13(17)19-11-5-3-2-4-10-18-15-8-6-14(12-16)7-9-15/h6-9,12H,2-5,10-11H2,1H3. The number of rotatable bonds is 9. The SMILES string of the molecule is CC(=O)SCCCCCCOc1ccc(C=O)cc1. The highest BCUT2D eigenvalue weighted by Gasteiger charge is 1.96. The number of thioether (sulfide) groups is 1. The van der Waals surface area contributed by atoms with Gasteiger partial charge < -0.3 is 4.74 Å². The van der Waals surface area contributed by atoms with Crippen LogP contribution in [0.15, 0.2) is 24.3 Å². The van der Waals surface area contributed by atoms with Crippen molar-refractivity contribution in [2.24, 2.45) is 0 Å². The highest BCUT2D eigenvalue weighted by atomic mass is 32.2. The fourth-order valence-corrected chi connectivity index (χ4v) is 2.24. The first-order valence-electron chi connectivity index (χ1n) is 6.54. The van der Waals surface area contributed by atoms with Gasteiger partial charge in [-0.3, -0.25) is 9.59 Å². The van der Waals surface area contributed by atoms with E-state index in [4.69, 9.17) is 4.74 Å². The van der Waals surface area contributed by atoms with Gasteiger partial charge in [0.15, 0.2) is 5.12 Å². The quantitative estimate of drug-likeness (QED) is 0.511. The molecule has 104 valence electrons. The maximum atomic E-state index is 10.7. The molecule has 0 atom stereocenters. The molecule has 3 nitrogen and oxygen atoms in total. The molecule has 0 unspecified atom stereocenters. The van der Waals surface area contributed by atoms with Gasteiger partial charge in [-0.05, 0) is 37.1 Å². The summed E-state index contributed by atoms with van der Waals surface area (Å²) in [5.41, 5.74) is 0.662. The predicted octanol–water partition coefficient (Wildman–Crippen LogP) is 3.72. The summed E-state index contributed by atoms with van der Waals surface area (Å²) in [6.45, 7) is 2.30. The zero-order chi connectivity index (χ0) is 13.9. The minimum atomic E-state index is 0.196. The zero-order valence-corrected chi connectivity index (χ0v) is 12.1. The highest BCUT2D eigenvalue weighted by Crippen LogP contribution is 2.12. The van der Waals surface area contributed by atoms with Crippen LogP contribution in [0.25, 0.3) is 0 Å². The first-order valence-corrected chi connectivity index (χ1v) is 7.52. The Morgan fingerprint density at radius 3 is 2.47 bits per heavy atom. The Morgan fingerprint density at radius 1 is 1.16 bits per heavy atom. The highest BCUT2D eigenvalue weighted by molar-refractivity contribution is 8.13. The van der Waals surface area contributed by atoms with Crippen LogP contribution in [0, 0.1) is 0 Å².